The summed E-state index contributed by atoms with van der Waals surface area (Å²) in [5.41, 5.74) is 7.42. The molecule has 0 aliphatic carbocycles. The Bertz CT molecular complexity index is 552. The largest absolute Gasteiger partial charge is 0.383 e. The van der Waals surface area contributed by atoms with Gasteiger partial charge in [-0.1, -0.05) is 35.7 Å². The number of nitrogens with two attached hydrogens (primary N) is 1. The Morgan fingerprint density at radius 3 is 2.88 bits per heavy atom. The van der Waals surface area contributed by atoms with Gasteiger partial charge in [0.2, 0.25) is 0 Å². The standard InChI is InChI=1S/C12H10ClN3/c1-2-7-16-8-15-11(12(16)14)9-5-3-4-6-10(9)13/h1,3-6,8H,7,14H2. The van der Waals surface area contributed by atoms with Crippen molar-refractivity contribution in [1.82, 2.24) is 9.55 Å². The molecule has 1 aromatic carbocycles. The molecule has 4 heteroatoms. The van der Waals surface area contributed by atoms with Crippen LogP contribution in [0.2, 0.25) is 5.02 Å². The molecule has 0 radical (unpaired) electrons. The lowest BCUT2D eigenvalue weighted by Gasteiger charge is -2.03. The molecule has 80 valence electrons. The summed E-state index contributed by atoms with van der Waals surface area (Å²) in [4.78, 5) is 4.22. The first-order chi connectivity index (χ1) is 7.74. The van der Waals surface area contributed by atoms with E-state index in [1.807, 2.05) is 18.2 Å². The molecule has 3 nitrogen and oxygen atoms in total. The third-order valence-electron chi connectivity index (χ3n) is 2.27. The molecule has 0 spiro atoms. The van der Waals surface area contributed by atoms with Crippen LogP contribution in [0.1, 0.15) is 0 Å². The topological polar surface area (TPSA) is 43.8 Å². The van der Waals surface area contributed by atoms with Crippen molar-refractivity contribution in [3.63, 3.8) is 0 Å². The molecule has 0 saturated carbocycles. The lowest BCUT2D eigenvalue weighted by molar-refractivity contribution is 0.852. The van der Waals surface area contributed by atoms with Gasteiger partial charge in [-0.2, -0.15) is 0 Å². The van der Waals surface area contributed by atoms with E-state index in [2.05, 4.69) is 10.9 Å². The van der Waals surface area contributed by atoms with Gasteiger partial charge in [0.1, 0.15) is 11.5 Å². The predicted octanol–water partition coefficient (Wildman–Crippen LogP) is 2.42. The molecule has 0 fully saturated rings. The molecule has 0 atom stereocenters. The number of hydrogen-bond donors (Lipinski definition) is 1. The van der Waals surface area contributed by atoms with Crippen molar-refractivity contribution < 1.29 is 0 Å². The molecule has 0 amide bonds. The zero-order valence-corrected chi connectivity index (χ0v) is 9.28. The van der Waals surface area contributed by atoms with Crippen molar-refractivity contribution in [3.8, 4) is 23.6 Å². The number of benzene rings is 1. The third-order valence-corrected chi connectivity index (χ3v) is 2.60. The van der Waals surface area contributed by atoms with E-state index < -0.39 is 0 Å². The first kappa shape index (κ1) is 10.6. The van der Waals surface area contributed by atoms with Gasteiger partial charge in [0.15, 0.2) is 0 Å². The minimum Gasteiger partial charge on any atom is -0.383 e. The molecule has 1 heterocycles. The summed E-state index contributed by atoms with van der Waals surface area (Å²) < 4.78 is 1.71. The first-order valence-corrected chi connectivity index (χ1v) is 5.11. The molecule has 1 aromatic heterocycles. The molecular weight excluding hydrogens is 222 g/mol. The van der Waals surface area contributed by atoms with Crippen LogP contribution < -0.4 is 5.73 Å². The highest BCUT2D eigenvalue weighted by Gasteiger charge is 2.11. The smallest absolute Gasteiger partial charge is 0.132 e. The van der Waals surface area contributed by atoms with Crippen LogP contribution >= 0.6 is 11.6 Å². The van der Waals surface area contributed by atoms with Crippen LogP contribution in [-0.4, -0.2) is 9.55 Å². The number of terminal acetylenes is 1. The summed E-state index contributed by atoms with van der Waals surface area (Å²) in [6, 6.07) is 7.43. The Hall–Kier alpha value is -1.92. The van der Waals surface area contributed by atoms with E-state index in [0.29, 0.717) is 23.1 Å². The van der Waals surface area contributed by atoms with E-state index in [-0.39, 0.29) is 0 Å². The number of hydrogen-bond acceptors (Lipinski definition) is 2. The highest BCUT2D eigenvalue weighted by Crippen LogP contribution is 2.30. The van der Waals surface area contributed by atoms with Crippen LogP contribution in [0, 0.1) is 12.3 Å². The normalized spacial score (nSPS) is 10.0. The van der Waals surface area contributed by atoms with Gasteiger partial charge in [-0.25, -0.2) is 4.98 Å². The molecule has 0 saturated heterocycles. The van der Waals surface area contributed by atoms with Crippen LogP contribution in [-0.2, 0) is 6.54 Å². The summed E-state index contributed by atoms with van der Waals surface area (Å²) in [5, 5.41) is 0.625. The van der Waals surface area contributed by atoms with Crippen molar-refractivity contribution in [3.05, 3.63) is 35.6 Å². The summed E-state index contributed by atoms with van der Waals surface area (Å²) in [5.74, 6) is 3.05. The van der Waals surface area contributed by atoms with Crippen LogP contribution in [0.15, 0.2) is 30.6 Å². The number of nitrogen functional groups attached to an aromatic ring is 1. The van der Waals surface area contributed by atoms with Crippen LogP contribution in [0.5, 0.6) is 0 Å². The monoisotopic (exact) mass is 231 g/mol. The van der Waals surface area contributed by atoms with E-state index in [1.54, 1.807) is 17.0 Å². The first-order valence-electron chi connectivity index (χ1n) is 4.73. The molecule has 0 bridgehead atoms. The number of aromatic nitrogens is 2. The average molecular weight is 232 g/mol. The maximum Gasteiger partial charge on any atom is 0.132 e. The quantitative estimate of drug-likeness (QED) is 0.807. The van der Waals surface area contributed by atoms with Gasteiger partial charge in [0.25, 0.3) is 0 Å². The number of nitrogens with zero attached hydrogens (tertiary/aromatic N) is 2. The number of imidazole rings is 1. The van der Waals surface area contributed by atoms with Crippen molar-refractivity contribution >= 4 is 17.4 Å². The zero-order valence-electron chi connectivity index (χ0n) is 8.52. The van der Waals surface area contributed by atoms with Crippen molar-refractivity contribution in [2.24, 2.45) is 0 Å². The number of halogens is 1. The molecule has 0 unspecified atom stereocenters. The lowest BCUT2D eigenvalue weighted by Crippen LogP contribution is -2.00. The molecule has 16 heavy (non-hydrogen) atoms. The van der Waals surface area contributed by atoms with Gasteiger partial charge in [0.05, 0.1) is 17.9 Å². The van der Waals surface area contributed by atoms with Gasteiger partial charge < -0.3 is 10.3 Å². The Labute approximate surface area is 98.9 Å². The second-order valence-corrected chi connectivity index (χ2v) is 3.70. The highest BCUT2D eigenvalue weighted by molar-refractivity contribution is 6.33. The Balaban J connectivity index is 2.50. The van der Waals surface area contributed by atoms with Crippen LogP contribution in [0.4, 0.5) is 5.82 Å². The van der Waals surface area contributed by atoms with E-state index in [9.17, 15) is 0 Å². The van der Waals surface area contributed by atoms with E-state index in [4.69, 9.17) is 23.8 Å². The van der Waals surface area contributed by atoms with Crippen molar-refractivity contribution in [2.45, 2.75) is 6.54 Å². The van der Waals surface area contributed by atoms with Gasteiger partial charge in [-0.15, -0.1) is 6.42 Å². The lowest BCUT2D eigenvalue weighted by atomic mass is 10.1. The fourth-order valence-electron chi connectivity index (χ4n) is 1.48. The second-order valence-electron chi connectivity index (χ2n) is 3.29. The van der Waals surface area contributed by atoms with E-state index >= 15 is 0 Å². The van der Waals surface area contributed by atoms with Gasteiger partial charge in [-0.05, 0) is 6.07 Å². The third kappa shape index (κ3) is 1.75. The van der Waals surface area contributed by atoms with Gasteiger partial charge in [0, 0.05) is 5.56 Å². The van der Waals surface area contributed by atoms with Gasteiger partial charge >= 0.3 is 0 Å². The summed E-state index contributed by atoms with van der Waals surface area (Å²) in [7, 11) is 0. The zero-order chi connectivity index (χ0) is 11.5. The molecular formula is C12H10ClN3. The maximum absolute atomic E-state index is 6.07. The number of anilines is 1. The fraction of sp³-hybridized carbons (Fsp3) is 0.0833. The minimum atomic E-state index is 0.406. The van der Waals surface area contributed by atoms with E-state index in [0.717, 1.165) is 5.56 Å². The molecule has 0 aliphatic heterocycles. The molecule has 2 N–H and O–H groups in total. The second kappa shape index (κ2) is 4.30. The fourth-order valence-corrected chi connectivity index (χ4v) is 1.70. The maximum atomic E-state index is 6.07. The minimum absolute atomic E-state index is 0.406. The van der Waals surface area contributed by atoms with Crippen LogP contribution in [0.25, 0.3) is 11.3 Å². The van der Waals surface area contributed by atoms with Crippen LogP contribution in [0.3, 0.4) is 0 Å². The molecule has 2 rings (SSSR count). The molecule has 0 aliphatic rings. The summed E-state index contributed by atoms with van der Waals surface area (Å²) in [6.07, 6.45) is 6.85. The van der Waals surface area contributed by atoms with Gasteiger partial charge in [-0.3, -0.25) is 0 Å². The Morgan fingerprint density at radius 1 is 1.44 bits per heavy atom. The average Bonchev–Trinajstić information content (AvgIpc) is 2.62. The molecule has 2 aromatic rings. The summed E-state index contributed by atoms with van der Waals surface area (Å²) >= 11 is 6.07. The van der Waals surface area contributed by atoms with Crippen molar-refractivity contribution in [1.29, 1.82) is 0 Å². The highest BCUT2D eigenvalue weighted by atomic mass is 35.5. The number of rotatable bonds is 2. The Morgan fingerprint density at radius 2 is 2.19 bits per heavy atom. The van der Waals surface area contributed by atoms with Crippen molar-refractivity contribution in [2.75, 3.05) is 5.73 Å². The Kier molecular flexibility index (Phi) is 2.84. The van der Waals surface area contributed by atoms with E-state index in [1.165, 1.54) is 0 Å². The SMILES string of the molecule is C#CCn1cnc(-c2ccccc2Cl)c1N. The summed E-state index contributed by atoms with van der Waals surface area (Å²) in [6.45, 7) is 0.406. The predicted molar refractivity (Wildman–Crippen MR) is 65.9 cm³/mol.